The molecule has 2 rings (SSSR count). The van der Waals surface area contributed by atoms with E-state index in [0.717, 1.165) is 6.54 Å². The van der Waals surface area contributed by atoms with Crippen molar-refractivity contribution in [1.82, 2.24) is 10.3 Å². The molecule has 0 saturated carbocycles. The first-order valence-corrected chi connectivity index (χ1v) is 5.94. The van der Waals surface area contributed by atoms with Gasteiger partial charge in [-0.2, -0.15) is 0 Å². The van der Waals surface area contributed by atoms with E-state index in [0.29, 0.717) is 6.04 Å². The predicted octanol–water partition coefficient (Wildman–Crippen LogP) is 3.24. The number of nitrogens with one attached hydrogen (secondary N) is 1. The van der Waals surface area contributed by atoms with Crippen LogP contribution in [0.3, 0.4) is 0 Å². The summed E-state index contributed by atoms with van der Waals surface area (Å²) >= 11 is 0. The zero-order valence-electron chi connectivity index (χ0n) is 10.4. The van der Waals surface area contributed by atoms with Gasteiger partial charge in [-0.05, 0) is 31.0 Å². The van der Waals surface area contributed by atoms with Crippen molar-refractivity contribution >= 4 is 0 Å². The third kappa shape index (κ3) is 3.40. The van der Waals surface area contributed by atoms with Crippen LogP contribution in [-0.2, 0) is 6.54 Å². The molecule has 0 fully saturated rings. The molecule has 0 bridgehead atoms. The molecule has 0 radical (unpaired) electrons. The van der Waals surface area contributed by atoms with Crippen molar-refractivity contribution in [3.05, 3.63) is 65.5 Å². The molecule has 1 N–H and O–H groups in total. The SMILES string of the molecule is Cc1ccc(CN[C@H](C)c2cccnc2)cc1. The topological polar surface area (TPSA) is 24.9 Å². The normalized spacial score (nSPS) is 12.4. The Hall–Kier alpha value is -1.67. The first-order chi connectivity index (χ1) is 8.25. The predicted molar refractivity (Wildman–Crippen MR) is 70.7 cm³/mol. The second kappa shape index (κ2) is 5.60. The molecular formula is C15H18N2. The van der Waals surface area contributed by atoms with Gasteiger partial charge in [-0.3, -0.25) is 4.98 Å². The maximum Gasteiger partial charge on any atom is 0.0315 e. The fraction of sp³-hybridized carbons (Fsp3) is 0.267. The summed E-state index contributed by atoms with van der Waals surface area (Å²) < 4.78 is 0. The number of hydrogen-bond acceptors (Lipinski definition) is 2. The smallest absolute Gasteiger partial charge is 0.0315 e. The van der Waals surface area contributed by atoms with E-state index < -0.39 is 0 Å². The van der Waals surface area contributed by atoms with Crippen molar-refractivity contribution in [2.45, 2.75) is 26.4 Å². The highest BCUT2D eigenvalue weighted by Gasteiger charge is 2.03. The Bertz CT molecular complexity index is 448. The molecule has 0 aliphatic rings. The average Bonchev–Trinajstić information content (AvgIpc) is 2.39. The van der Waals surface area contributed by atoms with Crippen molar-refractivity contribution in [3.63, 3.8) is 0 Å². The average molecular weight is 226 g/mol. The number of pyridine rings is 1. The lowest BCUT2D eigenvalue weighted by Gasteiger charge is -2.13. The van der Waals surface area contributed by atoms with Gasteiger partial charge in [0.15, 0.2) is 0 Å². The Morgan fingerprint density at radius 3 is 2.59 bits per heavy atom. The van der Waals surface area contributed by atoms with Gasteiger partial charge in [0.1, 0.15) is 0 Å². The summed E-state index contributed by atoms with van der Waals surface area (Å²) in [5.74, 6) is 0. The first-order valence-electron chi connectivity index (χ1n) is 5.94. The van der Waals surface area contributed by atoms with Gasteiger partial charge < -0.3 is 5.32 Å². The molecule has 2 heteroatoms. The van der Waals surface area contributed by atoms with E-state index in [4.69, 9.17) is 0 Å². The first kappa shape index (κ1) is 11.8. The molecule has 17 heavy (non-hydrogen) atoms. The van der Waals surface area contributed by atoms with Gasteiger partial charge in [0.05, 0.1) is 0 Å². The molecular weight excluding hydrogens is 208 g/mol. The van der Waals surface area contributed by atoms with E-state index in [1.165, 1.54) is 16.7 Å². The van der Waals surface area contributed by atoms with Gasteiger partial charge in [-0.25, -0.2) is 0 Å². The summed E-state index contributed by atoms with van der Waals surface area (Å²) in [6.07, 6.45) is 3.71. The third-order valence-electron chi connectivity index (χ3n) is 2.92. The van der Waals surface area contributed by atoms with Crippen LogP contribution in [0.4, 0.5) is 0 Å². The number of aromatic nitrogens is 1. The number of hydrogen-bond donors (Lipinski definition) is 1. The third-order valence-corrected chi connectivity index (χ3v) is 2.92. The molecule has 1 heterocycles. The van der Waals surface area contributed by atoms with E-state index >= 15 is 0 Å². The summed E-state index contributed by atoms with van der Waals surface area (Å²) in [5, 5.41) is 3.49. The van der Waals surface area contributed by atoms with E-state index in [-0.39, 0.29) is 0 Å². The molecule has 1 aromatic carbocycles. The Labute approximate surface area is 103 Å². The summed E-state index contributed by atoms with van der Waals surface area (Å²) in [5.41, 5.74) is 3.83. The maximum atomic E-state index is 4.13. The van der Waals surface area contributed by atoms with Crippen LogP contribution in [0.1, 0.15) is 29.7 Å². The Morgan fingerprint density at radius 2 is 1.94 bits per heavy atom. The van der Waals surface area contributed by atoms with Gasteiger partial charge in [0.25, 0.3) is 0 Å². The van der Waals surface area contributed by atoms with Gasteiger partial charge in [0, 0.05) is 25.0 Å². The molecule has 0 saturated heterocycles. The standard InChI is InChI=1S/C15H18N2/c1-12-5-7-14(8-6-12)10-17-13(2)15-4-3-9-16-11-15/h3-9,11,13,17H,10H2,1-2H3/t13-/m1/s1. The minimum atomic E-state index is 0.324. The molecule has 0 aliphatic carbocycles. The number of benzene rings is 1. The largest absolute Gasteiger partial charge is 0.306 e. The summed E-state index contributed by atoms with van der Waals surface area (Å²) in [6, 6.07) is 13.0. The van der Waals surface area contributed by atoms with Gasteiger partial charge in [0.2, 0.25) is 0 Å². The highest BCUT2D eigenvalue weighted by molar-refractivity contribution is 5.21. The Kier molecular flexibility index (Phi) is 3.89. The van der Waals surface area contributed by atoms with Crippen LogP contribution >= 0.6 is 0 Å². The molecule has 1 atom stereocenters. The van der Waals surface area contributed by atoms with Crippen molar-refractivity contribution in [1.29, 1.82) is 0 Å². The van der Waals surface area contributed by atoms with Crippen molar-refractivity contribution in [2.75, 3.05) is 0 Å². The van der Waals surface area contributed by atoms with Crippen LogP contribution in [0, 0.1) is 6.92 Å². The minimum absolute atomic E-state index is 0.324. The minimum Gasteiger partial charge on any atom is -0.306 e. The number of aryl methyl sites for hydroxylation is 1. The van der Waals surface area contributed by atoms with Crippen LogP contribution in [0.25, 0.3) is 0 Å². The zero-order valence-corrected chi connectivity index (χ0v) is 10.4. The molecule has 0 aliphatic heterocycles. The summed E-state index contributed by atoms with van der Waals surface area (Å²) in [4.78, 5) is 4.13. The van der Waals surface area contributed by atoms with Crippen molar-refractivity contribution in [2.24, 2.45) is 0 Å². The molecule has 0 unspecified atom stereocenters. The second-order valence-corrected chi connectivity index (χ2v) is 4.37. The quantitative estimate of drug-likeness (QED) is 0.865. The van der Waals surface area contributed by atoms with E-state index in [1.54, 1.807) is 6.20 Å². The fourth-order valence-electron chi connectivity index (χ4n) is 1.73. The van der Waals surface area contributed by atoms with Gasteiger partial charge in [-0.1, -0.05) is 35.9 Å². The molecule has 2 nitrogen and oxygen atoms in total. The Balaban J connectivity index is 1.92. The van der Waals surface area contributed by atoms with E-state index in [2.05, 4.69) is 54.5 Å². The Morgan fingerprint density at radius 1 is 1.18 bits per heavy atom. The van der Waals surface area contributed by atoms with Crippen LogP contribution < -0.4 is 5.32 Å². The molecule has 0 spiro atoms. The van der Waals surface area contributed by atoms with Crippen LogP contribution in [0.15, 0.2) is 48.8 Å². The summed E-state index contributed by atoms with van der Waals surface area (Å²) in [7, 11) is 0. The monoisotopic (exact) mass is 226 g/mol. The lowest BCUT2D eigenvalue weighted by atomic mass is 10.1. The lowest BCUT2D eigenvalue weighted by Crippen LogP contribution is -2.18. The molecule has 88 valence electrons. The van der Waals surface area contributed by atoms with Crippen LogP contribution in [0.5, 0.6) is 0 Å². The molecule has 2 aromatic rings. The van der Waals surface area contributed by atoms with Gasteiger partial charge in [-0.15, -0.1) is 0 Å². The summed E-state index contributed by atoms with van der Waals surface area (Å²) in [6.45, 7) is 5.15. The number of nitrogens with zero attached hydrogens (tertiary/aromatic N) is 1. The van der Waals surface area contributed by atoms with Gasteiger partial charge >= 0.3 is 0 Å². The lowest BCUT2D eigenvalue weighted by molar-refractivity contribution is 0.573. The molecule has 1 aromatic heterocycles. The fourth-order valence-corrected chi connectivity index (χ4v) is 1.73. The van der Waals surface area contributed by atoms with E-state index in [9.17, 15) is 0 Å². The van der Waals surface area contributed by atoms with Crippen molar-refractivity contribution < 1.29 is 0 Å². The molecule has 0 amide bonds. The second-order valence-electron chi connectivity index (χ2n) is 4.37. The highest BCUT2D eigenvalue weighted by Crippen LogP contribution is 2.11. The van der Waals surface area contributed by atoms with Crippen LogP contribution in [0.2, 0.25) is 0 Å². The maximum absolute atomic E-state index is 4.13. The number of rotatable bonds is 4. The van der Waals surface area contributed by atoms with Crippen LogP contribution in [-0.4, -0.2) is 4.98 Å². The van der Waals surface area contributed by atoms with E-state index in [1.807, 2.05) is 12.3 Å². The van der Waals surface area contributed by atoms with Crippen molar-refractivity contribution in [3.8, 4) is 0 Å². The highest BCUT2D eigenvalue weighted by atomic mass is 14.9. The zero-order chi connectivity index (χ0) is 12.1.